The van der Waals surface area contributed by atoms with Crippen LogP contribution in [0, 0.1) is 20.8 Å². The van der Waals surface area contributed by atoms with E-state index in [0.29, 0.717) is 39.5 Å². The zero-order chi connectivity index (χ0) is 30.6. The van der Waals surface area contributed by atoms with E-state index in [0.717, 1.165) is 12.5 Å². The first-order chi connectivity index (χ1) is 19.7. The van der Waals surface area contributed by atoms with Crippen molar-refractivity contribution in [1.82, 2.24) is 24.5 Å². The van der Waals surface area contributed by atoms with Gasteiger partial charge in [0.1, 0.15) is 23.2 Å². The van der Waals surface area contributed by atoms with Crippen molar-refractivity contribution in [3.63, 3.8) is 0 Å². The molecule has 9 nitrogen and oxygen atoms in total. The second-order valence-electron chi connectivity index (χ2n) is 10.2. The average Bonchev–Trinajstić information content (AvgIpc) is 3.50. The first-order valence-electron chi connectivity index (χ1n) is 12.9. The highest BCUT2D eigenvalue weighted by Crippen LogP contribution is 2.43. The Balaban J connectivity index is 1.73. The maximum absolute atomic E-state index is 15.1. The van der Waals surface area contributed by atoms with Gasteiger partial charge in [0.15, 0.2) is 27.2 Å². The molecular formula is C28H27F4N5O4S. The smallest absolute Gasteiger partial charge is 0.434 e. The van der Waals surface area contributed by atoms with E-state index in [1.165, 1.54) is 17.6 Å². The van der Waals surface area contributed by atoms with Crippen LogP contribution in [0.25, 0.3) is 22.6 Å². The lowest BCUT2D eigenvalue weighted by Gasteiger charge is -2.28. The van der Waals surface area contributed by atoms with Gasteiger partial charge in [0.2, 0.25) is 0 Å². The van der Waals surface area contributed by atoms with Crippen molar-refractivity contribution in [3.8, 4) is 11.3 Å². The largest absolute Gasteiger partial charge is 0.440 e. The summed E-state index contributed by atoms with van der Waals surface area (Å²) in [5.74, 6) is 0.351. The predicted molar refractivity (Wildman–Crippen MR) is 146 cm³/mol. The second-order valence-corrected chi connectivity index (χ2v) is 12.5. The van der Waals surface area contributed by atoms with Gasteiger partial charge in [-0.1, -0.05) is 0 Å². The van der Waals surface area contributed by atoms with Crippen molar-refractivity contribution >= 4 is 21.1 Å². The molecule has 1 atom stereocenters. The highest BCUT2D eigenvalue weighted by Gasteiger charge is 2.36. The van der Waals surface area contributed by atoms with Gasteiger partial charge in [-0.2, -0.15) is 13.2 Å². The summed E-state index contributed by atoms with van der Waals surface area (Å²) in [6.45, 7) is 4.05. The summed E-state index contributed by atoms with van der Waals surface area (Å²) in [4.78, 5) is 16.7. The fourth-order valence-corrected chi connectivity index (χ4v) is 6.40. The molecule has 14 heteroatoms. The highest BCUT2D eigenvalue weighted by molar-refractivity contribution is 7.91. The zero-order valence-electron chi connectivity index (χ0n) is 23.1. The molecule has 2 aliphatic rings. The number of aromatic nitrogens is 5. The van der Waals surface area contributed by atoms with E-state index >= 15 is 4.39 Å². The van der Waals surface area contributed by atoms with Crippen LogP contribution in [0.4, 0.5) is 17.6 Å². The third kappa shape index (κ3) is 5.60. The summed E-state index contributed by atoms with van der Waals surface area (Å²) in [5, 5.41) is 8.40. The number of sulfone groups is 1. The Morgan fingerprint density at radius 2 is 1.76 bits per heavy atom. The number of oxazole rings is 1. The molecule has 2 aliphatic carbocycles. The van der Waals surface area contributed by atoms with E-state index in [1.807, 2.05) is 0 Å². The maximum Gasteiger partial charge on any atom is 0.434 e. The predicted octanol–water partition coefficient (Wildman–Crippen LogP) is 5.32. The van der Waals surface area contributed by atoms with Crippen molar-refractivity contribution in [1.29, 1.82) is 0 Å². The molecule has 0 radical (unpaired) electrons. The Bertz CT molecular complexity index is 1800. The normalized spacial score (nSPS) is 18.5. The van der Waals surface area contributed by atoms with Crippen molar-refractivity contribution < 1.29 is 35.5 Å². The fraction of sp³-hybridized carbons (Fsp3) is 0.357. The van der Waals surface area contributed by atoms with E-state index in [9.17, 15) is 26.7 Å². The summed E-state index contributed by atoms with van der Waals surface area (Å²) >= 11 is 0. The molecule has 3 aromatic rings. The van der Waals surface area contributed by atoms with E-state index in [4.69, 9.17) is 4.42 Å². The van der Waals surface area contributed by atoms with Crippen LogP contribution in [0.15, 0.2) is 57.7 Å². The maximum atomic E-state index is 15.1. The zero-order valence-corrected chi connectivity index (χ0v) is 23.9. The number of aliphatic hydroxyl groups is 1. The number of aryl methyl sites for hydroxylation is 3. The van der Waals surface area contributed by atoms with Gasteiger partial charge >= 0.3 is 6.18 Å². The number of allylic oxidation sites excluding steroid dienone is 7. The number of aliphatic hydroxyl groups excluding tert-OH is 1. The molecule has 5 rings (SSSR count). The second kappa shape index (κ2) is 10.7. The summed E-state index contributed by atoms with van der Waals surface area (Å²) in [6.07, 6.45) is 3.58. The monoisotopic (exact) mass is 605 g/mol. The van der Waals surface area contributed by atoms with Gasteiger partial charge in [0.05, 0.1) is 17.4 Å². The number of alkyl halides is 3. The lowest BCUT2D eigenvalue weighted by atomic mass is 9.84. The Kier molecular flexibility index (Phi) is 7.56. The average molecular weight is 606 g/mol. The molecule has 1 unspecified atom stereocenters. The van der Waals surface area contributed by atoms with E-state index in [1.54, 1.807) is 32.3 Å². The molecule has 0 saturated heterocycles. The Morgan fingerprint density at radius 3 is 2.36 bits per heavy atom. The number of hydrogen-bond donors (Lipinski definition) is 1. The van der Waals surface area contributed by atoms with Crippen LogP contribution in [-0.4, -0.2) is 56.1 Å². The number of rotatable bonds is 6. The lowest BCUT2D eigenvalue weighted by molar-refractivity contribution is -0.141. The minimum Gasteiger partial charge on any atom is -0.440 e. The summed E-state index contributed by atoms with van der Waals surface area (Å²) < 4.78 is 88.0. The van der Waals surface area contributed by atoms with E-state index in [2.05, 4.69) is 19.9 Å². The van der Waals surface area contributed by atoms with Gasteiger partial charge in [-0.3, -0.25) is 0 Å². The van der Waals surface area contributed by atoms with Crippen molar-refractivity contribution in [2.24, 2.45) is 0 Å². The van der Waals surface area contributed by atoms with E-state index in [-0.39, 0.29) is 42.3 Å². The van der Waals surface area contributed by atoms with Crippen LogP contribution in [-0.2, 0) is 16.0 Å². The SMILES string of the molecule is Cc1ncc(-c2oc(C)nc2C2=C(n3cc(C(F)(F)F)nc3C)CCC(C3=CC(F)=C(CO)C(S(C)(=O)=O)C3)=C2)cn1. The molecule has 3 heterocycles. The molecular weight excluding hydrogens is 578 g/mol. The lowest BCUT2D eigenvalue weighted by Crippen LogP contribution is -2.28. The summed E-state index contributed by atoms with van der Waals surface area (Å²) in [5.41, 5.74) is 1.34. The molecule has 0 saturated carbocycles. The molecule has 1 N–H and O–H groups in total. The van der Waals surface area contributed by atoms with Crippen molar-refractivity contribution in [2.75, 3.05) is 12.9 Å². The first-order valence-corrected chi connectivity index (χ1v) is 14.9. The molecule has 222 valence electrons. The molecule has 0 spiro atoms. The number of imidazole rings is 1. The highest BCUT2D eigenvalue weighted by atomic mass is 32.2. The van der Waals surface area contributed by atoms with Crippen LogP contribution in [0.2, 0.25) is 0 Å². The molecule has 0 bridgehead atoms. The Morgan fingerprint density at radius 1 is 1.07 bits per heavy atom. The molecule has 0 aliphatic heterocycles. The molecule has 0 amide bonds. The fourth-order valence-electron chi connectivity index (χ4n) is 5.22. The quantitative estimate of drug-likeness (QED) is 0.375. The van der Waals surface area contributed by atoms with Crippen LogP contribution < -0.4 is 0 Å². The van der Waals surface area contributed by atoms with Gasteiger partial charge in [0.25, 0.3) is 0 Å². The van der Waals surface area contributed by atoms with E-state index < -0.39 is 39.4 Å². The minimum atomic E-state index is -4.66. The third-order valence-corrected chi connectivity index (χ3v) is 8.74. The molecule has 0 fully saturated rings. The van der Waals surface area contributed by atoms with Crippen molar-refractivity contribution in [3.05, 3.63) is 82.2 Å². The van der Waals surface area contributed by atoms with Crippen molar-refractivity contribution in [2.45, 2.75) is 51.5 Å². The van der Waals surface area contributed by atoms with Gasteiger partial charge in [-0.15, -0.1) is 0 Å². The van der Waals surface area contributed by atoms with Gasteiger partial charge in [0, 0.05) is 48.6 Å². The molecule has 42 heavy (non-hydrogen) atoms. The molecule has 0 aromatic carbocycles. The van der Waals surface area contributed by atoms with Gasteiger partial charge < -0.3 is 14.1 Å². The van der Waals surface area contributed by atoms with Crippen LogP contribution >= 0.6 is 0 Å². The summed E-state index contributed by atoms with van der Waals surface area (Å²) in [7, 11) is -3.77. The number of halogens is 4. The third-order valence-electron chi connectivity index (χ3n) is 7.26. The minimum absolute atomic E-state index is 0.0740. The Hall–Kier alpha value is -3.91. The van der Waals surface area contributed by atoms with Crippen LogP contribution in [0.3, 0.4) is 0 Å². The van der Waals surface area contributed by atoms with Crippen LogP contribution in [0.5, 0.6) is 0 Å². The topological polar surface area (TPSA) is 124 Å². The standard InChI is InChI=1S/C28H27F4N5O4S/c1-14-33-10-19(11-34-14)27-26(36-16(3)41-27)20-7-17(18-8-22(29)21(13-38)24(9-18)42(4,39)40)5-6-23(20)37-12-25(28(30,31)32)35-15(37)2/h7-8,10-12,24,38H,5-6,9,13H2,1-4H3. The number of hydrogen-bond acceptors (Lipinski definition) is 8. The van der Waals surface area contributed by atoms with Gasteiger partial charge in [-0.05, 0) is 56.4 Å². The summed E-state index contributed by atoms with van der Waals surface area (Å²) in [6, 6.07) is 0. The van der Waals surface area contributed by atoms with Gasteiger partial charge in [-0.25, -0.2) is 32.7 Å². The number of nitrogens with zero attached hydrogens (tertiary/aromatic N) is 5. The Labute approximate surface area is 239 Å². The first kappa shape index (κ1) is 29.6. The molecule has 3 aromatic heterocycles. The van der Waals surface area contributed by atoms with Crippen LogP contribution in [0.1, 0.15) is 48.2 Å².